The van der Waals surface area contributed by atoms with Crippen molar-refractivity contribution < 1.29 is 0 Å². The molecule has 0 amide bonds. The Labute approximate surface area is 70.0 Å². The van der Waals surface area contributed by atoms with Gasteiger partial charge in [0, 0.05) is 10.2 Å². The van der Waals surface area contributed by atoms with Crippen LogP contribution in [-0.4, -0.2) is 10.2 Å². The summed E-state index contributed by atoms with van der Waals surface area (Å²) in [6.45, 7) is 3.13. The second kappa shape index (κ2) is 6.58. The van der Waals surface area contributed by atoms with Crippen molar-refractivity contribution in [2.24, 2.45) is 0 Å². The fourth-order valence-electron chi connectivity index (χ4n) is 0.534. The average Bonchev–Trinajstić information content (AvgIpc) is 1.91. The van der Waals surface area contributed by atoms with E-state index >= 15 is 0 Å². The normalized spacial score (nSPS) is 7.70. The van der Waals surface area contributed by atoms with Gasteiger partial charge < -0.3 is 0 Å². The topological polar surface area (TPSA) is 0 Å². The van der Waals surface area contributed by atoms with Crippen molar-refractivity contribution in [3.63, 3.8) is 0 Å². The largest absolute Gasteiger partial charge is 0.0936 e. The molecule has 2 heteroatoms. The van der Waals surface area contributed by atoms with Gasteiger partial charge >= 0.3 is 0 Å². The first kappa shape index (κ1) is 9.47. The Morgan fingerprint density at radius 3 is 1.90 bits per heavy atom. The zero-order valence-corrected chi connectivity index (χ0v) is 8.81. The van der Waals surface area contributed by atoms with Crippen LogP contribution in [0, 0.1) is 0 Å². The van der Waals surface area contributed by atoms with E-state index in [2.05, 4.69) is 30.8 Å². The van der Waals surface area contributed by atoms with E-state index in [0.717, 1.165) is 0 Å². The molecular formula is C8H11ClSi. The summed E-state index contributed by atoms with van der Waals surface area (Å²) in [4.78, 5) is 0. The van der Waals surface area contributed by atoms with E-state index in [0.29, 0.717) is 0 Å². The van der Waals surface area contributed by atoms with Gasteiger partial charge in [-0.1, -0.05) is 53.7 Å². The van der Waals surface area contributed by atoms with Crippen molar-refractivity contribution in [1.82, 2.24) is 0 Å². The lowest BCUT2D eigenvalue weighted by Crippen LogP contribution is -1.97. The molecule has 10 heavy (non-hydrogen) atoms. The van der Waals surface area contributed by atoms with Crippen molar-refractivity contribution in [1.29, 1.82) is 0 Å². The van der Waals surface area contributed by atoms with Crippen LogP contribution in [0.2, 0.25) is 0 Å². The fraction of sp³-hybridized carbons (Fsp3) is 0. The molecule has 0 saturated carbocycles. The molecule has 0 heterocycles. The maximum atomic E-state index is 4.76. The van der Waals surface area contributed by atoms with E-state index in [-0.39, 0.29) is 0 Å². The first-order chi connectivity index (χ1) is 4.81. The third-order valence-corrected chi connectivity index (χ3v) is 1.61. The van der Waals surface area contributed by atoms with Gasteiger partial charge in [0.05, 0.1) is 0 Å². The van der Waals surface area contributed by atoms with Gasteiger partial charge in [0.1, 0.15) is 0 Å². The molecule has 1 rings (SSSR count). The Morgan fingerprint density at radius 2 is 1.70 bits per heavy atom. The highest BCUT2D eigenvalue weighted by molar-refractivity contribution is 6.32. The summed E-state index contributed by atoms with van der Waals surface area (Å²) in [7, 11) is 1.17. The van der Waals surface area contributed by atoms with Crippen LogP contribution >= 0.6 is 11.6 Å². The van der Waals surface area contributed by atoms with Gasteiger partial charge in [-0.15, -0.1) is 0 Å². The highest BCUT2D eigenvalue weighted by atomic mass is 35.5. The minimum absolute atomic E-state index is 1.17. The molecule has 0 unspecified atom stereocenters. The highest BCUT2D eigenvalue weighted by Gasteiger charge is 1.72. The number of benzene rings is 1. The van der Waals surface area contributed by atoms with Crippen molar-refractivity contribution in [3.8, 4) is 0 Å². The van der Waals surface area contributed by atoms with Crippen LogP contribution < -0.4 is 5.19 Å². The van der Waals surface area contributed by atoms with Crippen LogP contribution in [0.4, 0.5) is 0 Å². The zero-order chi connectivity index (χ0) is 7.82. The van der Waals surface area contributed by atoms with Crippen LogP contribution in [0.1, 0.15) is 0 Å². The average molecular weight is 171 g/mol. The van der Waals surface area contributed by atoms with E-state index < -0.39 is 0 Å². The maximum Gasteiger partial charge on any atom is 0.0384 e. The summed E-state index contributed by atoms with van der Waals surface area (Å²) in [5.41, 5.74) is 1.22. The summed E-state index contributed by atoms with van der Waals surface area (Å²) in [6, 6.07) is 10.5. The minimum Gasteiger partial charge on any atom is -0.0936 e. The lowest BCUT2D eigenvalue weighted by molar-refractivity contribution is 1.78. The molecule has 0 aliphatic rings. The summed E-state index contributed by atoms with van der Waals surface area (Å²) in [5.74, 6) is 0. The third-order valence-electron chi connectivity index (χ3n) is 0.940. The Hall–Kier alpha value is -0.533. The predicted molar refractivity (Wildman–Crippen MR) is 52.1 cm³/mol. The van der Waals surface area contributed by atoms with E-state index in [4.69, 9.17) is 11.6 Å². The van der Waals surface area contributed by atoms with Crippen LogP contribution in [0.5, 0.6) is 0 Å². The van der Waals surface area contributed by atoms with Crippen LogP contribution in [0.3, 0.4) is 0 Å². The second-order valence-corrected chi connectivity index (χ2v) is 3.27. The standard InChI is InChI=1S/C6H8Si.C2H3Cl/c7-6-4-2-1-3-5-6;1-2-3/h1-5H,7H3;2H,1H2. The first-order valence-corrected chi connectivity index (χ1v) is 4.47. The maximum absolute atomic E-state index is 4.76. The smallest absolute Gasteiger partial charge is 0.0384 e. The summed E-state index contributed by atoms with van der Waals surface area (Å²) >= 11 is 4.76. The van der Waals surface area contributed by atoms with Crippen molar-refractivity contribution in [2.45, 2.75) is 0 Å². The molecule has 0 aliphatic carbocycles. The Morgan fingerprint density at radius 1 is 1.30 bits per heavy atom. The van der Waals surface area contributed by atoms with Gasteiger partial charge in [0.25, 0.3) is 0 Å². The summed E-state index contributed by atoms with van der Waals surface area (Å²) in [6.07, 6.45) is 0. The highest BCUT2D eigenvalue weighted by Crippen LogP contribution is 1.76. The molecule has 0 radical (unpaired) electrons. The molecule has 1 aromatic carbocycles. The fourth-order valence-corrected chi connectivity index (χ4v) is 0.919. The molecule has 0 aliphatic heterocycles. The molecule has 1 aromatic rings. The lowest BCUT2D eigenvalue weighted by Gasteiger charge is -1.82. The monoisotopic (exact) mass is 170 g/mol. The van der Waals surface area contributed by atoms with E-state index in [1.165, 1.54) is 21.0 Å². The van der Waals surface area contributed by atoms with Gasteiger partial charge in [-0.05, 0) is 5.54 Å². The summed E-state index contributed by atoms with van der Waals surface area (Å²) in [5, 5.41) is 1.46. The summed E-state index contributed by atoms with van der Waals surface area (Å²) < 4.78 is 0. The molecule has 0 aromatic heterocycles. The predicted octanol–water partition coefficient (Wildman–Crippen LogP) is 1.05. The second-order valence-electron chi connectivity index (χ2n) is 1.81. The molecule has 0 fully saturated rings. The SMILES string of the molecule is C=CCl.[SiH3]c1ccccc1. The first-order valence-electron chi connectivity index (χ1n) is 3.04. The molecule has 0 bridgehead atoms. The van der Waals surface area contributed by atoms with Gasteiger partial charge in [-0.2, -0.15) is 0 Å². The molecule has 0 spiro atoms. The van der Waals surface area contributed by atoms with Gasteiger partial charge in [-0.3, -0.25) is 0 Å². The molecule has 0 nitrogen and oxygen atoms in total. The van der Waals surface area contributed by atoms with Crippen molar-refractivity contribution in [2.75, 3.05) is 0 Å². The van der Waals surface area contributed by atoms with Crippen LogP contribution in [-0.2, 0) is 0 Å². The lowest BCUT2D eigenvalue weighted by atomic mass is 10.4. The van der Waals surface area contributed by atoms with Crippen LogP contribution in [0.15, 0.2) is 42.4 Å². The Kier molecular flexibility index (Phi) is 6.23. The Bertz CT molecular complexity index is 172. The quantitative estimate of drug-likeness (QED) is 0.511. The molecule has 0 atom stereocenters. The van der Waals surface area contributed by atoms with Gasteiger partial charge in [0.2, 0.25) is 0 Å². The number of hydrogen-bond donors (Lipinski definition) is 0. The van der Waals surface area contributed by atoms with Crippen molar-refractivity contribution in [3.05, 3.63) is 42.4 Å². The Balaban J connectivity index is 0.000000236. The van der Waals surface area contributed by atoms with E-state index in [9.17, 15) is 0 Å². The minimum atomic E-state index is 1.17. The molecule has 0 N–H and O–H groups in total. The van der Waals surface area contributed by atoms with Gasteiger partial charge in [0.15, 0.2) is 0 Å². The number of rotatable bonds is 0. The zero-order valence-electron chi connectivity index (χ0n) is 6.05. The number of hydrogen-bond acceptors (Lipinski definition) is 0. The van der Waals surface area contributed by atoms with Gasteiger partial charge in [-0.25, -0.2) is 0 Å². The molecule has 0 saturated heterocycles. The number of halogens is 1. The molecule has 54 valence electrons. The van der Waals surface area contributed by atoms with E-state index in [1.54, 1.807) is 0 Å². The molecular weight excluding hydrogens is 160 g/mol. The van der Waals surface area contributed by atoms with Crippen LogP contribution in [0.25, 0.3) is 0 Å². The van der Waals surface area contributed by atoms with E-state index in [1.807, 2.05) is 6.07 Å². The third kappa shape index (κ3) is 5.60. The van der Waals surface area contributed by atoms with Crippen molar-refractivity contribution >= 4 is 27.0 Å².